The predicted molar refractivity (Wildman–Crippen MR) is 175 cm³/mol. The lowest BCUT2D eigenvalue weighted by Crippen LogP contribution is -2.69. The molecule has 14 heteroatoms. The van der Waals surface area contributed by atoms with Crippen molar-refractivity contribution in [1.29, 1.82) is 0 Å². The molecule has 2 saturated heterocycles. The fourth-order valence-electron chi connectivity index (χ4n) is 5.69. The van der Waals surface area contributed by atoms with E-state index in [1.54, 1.807) is 6.92 Å². The van der Waals surface area contributed by atoms with Crippen LogP contribution in [0.1, 0.15) is 107 Å². The van der Waals surface area contributed by atoms with Crippen molar-refractivity contribution in [3.8, 4) is 0 Å². The molecule has 0 aromatic rings. The first kappa shape index (κ1) is 43.2. The van der Waals surface area contributed by atoms with Crippen LogP contribution >= 0.6 is 0 Å². The van der Waals surface area contributed by atoms with Crippen LogP contribution < -0.4 is 0 Å². The molecule has 0 spiro atoms. The van der Waals surface area contributed by atoms with Gasteiger partial charge in [0, 0.05) is 47.2 Å². The maximum absolute atomic E-state index is 16.5. The van der Waals surface area contributed by atoms with E-state index in [2.05, 4.69) is 20.8 Å². The van der Waals surface area contributed by atoms with E-state index >= 15 is 4.39 Å². The first-order valence-electron chi connectivity index (χ1n) is 18.0. The van der Waals surface area contributed by atoms with Gasteiger partial charge in [0.1, 0.15) is 37.1 Å². The molecule has 0 aromatic carbocycles. The van der Waals surface area contributed by atoms with E-state index in [0.29, 0.717) is 26.4 Å². The van der Waals surface area contributed by atoms with Crippen LogP contribution in [0.5, 0.6) is 0 Å². The second-order valence-corrected chi connectivity index (χ2v) is 12.7. The third kappa shape index (κ3) is 14.0. The van der Waals surface area contributed by atoms with Gasteiger partial charge in [-0.15, -0.1) is 0 Å². The third-order valence-corrected chi connectivity index (χ3v) is 8.20. The van der Waals surface area contributed by atoms with Gasteiger partial charge in [0.2, 0.25) is 0 Å². The van der Waals surface area contributed by atoms with Crippen molar-refractivity contribution in [2.24, 2.45) is 0 Å². The van der Waals surface area contributed by atoms with Gasteiger partial charge in [-0.3, -0.25) is 14.4 Å². The van der Waals surface area contributed by atoms with Crippen molar-refractivity contribution in [1.82, 2.24) is 0 Å². The molecular weight excluding hydrogens is 647 g/mol. The summed E-state index contributed by atoms with van der Waals surface area (Å²) in [6.07, 6.45) is -4.35. The summed E-state index contributed by atoms with van der Waals surface area (Å²) in [4.78, 5) is 35.9. The van der Waals surface area contributed by atoms with Crippen molar-refractivity contribution in [2.45, 2.75) is 168 Å². The number of halogens is 1. The first-order valence-corrected chi connectivity index (χ1v) is 18.0. The summed E-state index contributed by atoms with van der Waals surface area (Å²) in [7, 11) is 0. The topological polar surface area (TPSA) is 144 Å². The second-order valence-electron chi connectivity index (χ2n) is 12.7. The molecule has 286 valence electrons. The zero-order valence-electron chi connectivity index (χ0n) is 30.8. The Labute approximate surface area is 291 Å². The Hall–Kier alpha value is -1.94. The Balaban J connectivity index is 2.59. The van der Waals surface area contributed by atoms with E-state index in [1.807, 2.05) is 6.92 Å². The second kappa shape index (κ2) is 22.8. The van der Waals surface area contributed by atoms with E-state index in [0.717, 1.165) is 65.2 Å². The highest BCUT2D eigenvalue weighted by Gasteiger charge is 2.59. The average molecular weight is 709 g/mol. The third-order valence-electron chi connectivity index (χ3n) is 8.20. The minimum Gasteiger partial charge on any atom is -0.463 e. The first-order chi connectivity index (χ1) is 23.4. The SMILES string of the molecule is CCCCOCC1O[C@](C)(O[C@@H]2OC(COC(C)=O)[C@@H](OC(C)=O)C(OC(C)=O)C2F)C(OCCCC)C(OCCCC)[C@H]1OCCCC. The number of esters is 3. The maximum Gasteiger partial charge on any atom is 0.303 e. The number of alkyl halides is 1. The summed E-state index contributed by atoms with van der Waals surface area (Å²) >= 11 is 0. The maximum atomic E-state index is 16.5. The van der Waals surface area contributed by atoms with Crippen LogP contribution in [0, 0.1) is 0 Å². The number of unbranched alkanes of at least 4 members (excludes halogenated alkanes) is 4. The van der Waals surface area contributed by atoms with Gasteiger partial charge in [-0.2, -0.15) is 0 Å². The number of hydrogen-bond donors (Lipinski definition) is 0. The van der Waals surface area contributed by atoms with Gasteiger partial charge < -0.3 is 47.4 Å². The van der Waals surface area contributed by atoms with Crippen LogP contribution in [-0.4, -0.2) is 119 Å². The highest BCUT2D eigenvalue weighted by atomic mass is 19.1. The lowest BCUT2D eigenvalue weighted by molar-refractivity contribution is -0.420. The fraction of sp³-hybridized carbons (Fsp3) is 0.914. The van der Waals surface area contributed by atoms with Crippen molar-refractivity contribution in [3.05, 3.63) is 0 Å². The van der Waals surface area contributed by atoms with Gasteiger partial charge in [-0.25, -0.2) is 4.39 Å². The van der Waals surface area contributed by atoms with E-state index < -0.39 is 85.5 Å². The minimum absolute atomic E-state index is 0.148. The molecule has 0 amide bonds. The van der Waals surface area contributed by atoms with Crippen molar-refractivity contribution < 1.29 is 66.1 Å². The molecule has 10 atom stereocenters. The Kier molecular flexibility index (Phi) is 20.1. The Morgan fingerprint density at radius 1 is 0.653 bits per heavy atom. The van der Waals surface area contributed by atoms with Crippen LogP contribution in [0.3, 0.4) is 0 Å². The predicted octanol–water partition coefficient (Wildman–Crippen LogP) is 4.98. The number of hydrogen-bond acceptors (Lipinski definition) is 13. The van der Waals surface area contributed by atoms with Gasteiger partial charge in [0.25, 0.3) is 0 Å². The average Bonchev–Trinajstić information content (AvgIpc) is 3.03. The van der Waals surface area contributed by atoms with Gasteiger partial charge >= 0.3 is 17.9 Å². The summed E-state index contributed by atoms with van der Waals surface area (Å²) in [6, 6.07) is 0. The van der Waals surface area contributed by atoms with Crippen LogP contribution in [0.4, 0.5) is 4.39 Å². The van der Waals surface area contributed by atoms with Gasteiger partial charge in [0.05, 0.1) is 6.61 Å². The summed E-state index contributed by atoms with van der Waals surface area (Å²) in [5.41, 5.74) is 0. The normalized spacial score (nSPS) is 31.7. The molecule has 2 aliphatic heterocycles. The summed E-state index contributed by atoms with van der Waals surface area (Å²) in [6.45, 7) is 14.7. The molecule has 0 radical (unpaired) electrons. The molecule has 0 aromatic heterocycles. The molecule has 0 aliphatic carbocycles. The standard InChI is InChI=1S/C35H61FO13/c1-9-13-17-40-21-27-29(41-18-14-10-2)32(42-19-15-11-3)33(43-20-16-12-4)35(8,48-27)49-34-28(36)31(46-25(7)39)30(45-24(6)38)26(47-34)22-44-23(5)37/h26-34H,9-22H2,1-8H3/t26?,27?,28?,29-,30+,31?,32?,33?,34-,35+/m0/s1. The highest BCUT2D eigenvalue weighted by Crippen LogP contribution is 2.40. The molecule has 0 saturated carbocycles. The number of carbonyl (C=O) groups excluding carboxylic acids is 3. The molecule has 2 heterocycles. The van der Waals surface area contributed by atoms with Gasteiger partial charge in [-0.05, 0) is 32.6 Å². The lowest BCUT2D eigenvalue weighted by atomic mass is 9.92. The van der Waals surface area contributed by atoms with Crippen LogP contribution in [0.25, 0.3) is 0 Å². The van der Waals surface area contributed by atoms with E-state index in [-0.39, 0.29) is 6.61 Å². The smallest absolute Gasteiger partial charge is 0.303 e. The van der Waals surface area contributed by atoms with Gasteiger partial charge in [0.15, 0.2) is 30.5 Å². The fourth-order valence-corrected chi connectivity index (χ4v) is 5.69. The Bertz CT molecular complexity index is 970. The summed E-state index contributed by atoms with van der Waals surface area (Å²) in [5, 5.41) is 0. The minimum atomic E-state index is -2.16. The van der Waals surface area contributed by atoms with Crippen molar-refractivity contribution in [2.75, 3.05) is 39.6 Å². The molecule has 2 rings (SSSR count). The quantitative estimate of drug-likeness (QED) is 0.0801. The molecule has 0 N–H and O–H groups in total. The Morgan fingerprint density at radius 2 is 1.18 bits per heavy atom. The number of rotatable bonds is 23. The molecule has 13 nitrogen and oxygen atoms in total. The monoisotopic (exact) mass is 708 g/mol. The highest BCUT2D eigenvalue weighted by molar-refractivity contribution is 5.67. The van der Waals surface area contributed by atoms with Crippen LogP contribution in [0.15, 0.2) is 0 Å². The molecule has 49 heavy (non-hydrogen) atoms. The largest absolute Gasteiger partial charge is 0.463 e. The molecule has 6 unspecified atom stereocenters. The lowest BCUT2D eigenvalue weighted by Gasteiger charge is -2.53. The number of ether oxygens (including phenoxy) is 10. The molecule has 2 fully saturated rings. The zero-order valence-corrected chi connectivity index (χ0v) is 30.8. The van der Waals surface area contributed by atoms with E-state index in [4.69, 9.17) is 47.4 Å². The van der Waals surface area contributed by atoms with Crippen molar-refractivity contribution in [3.63, 3.8) is 0 Å². The molecule has 0 bridgehead atoms. The van der Waals surface area contributed by atoms with Crippen LogP contribution in [-0.2, 0) is 61.8 Å². The summed E-state index contributed by atoms with van der Waals surface area (Å²) in [5.74, 6) is -3.94. The van der Waals surface area contributed by atoms with Gasteiger partial charge in [-0.1, -0.05) is 53.4 Å². The number of carbonyl (C=O) groups is 3. The van der Waals surface area contributed by atoms with E-state index in [1.165, 1.54) is 6.92 Å². The molecular formula is C35H61FO13. The Morgan fingerprint density at radius 3 is 1.73 bits per heavy atom. The molecule has 2 aliphatic rings. The van der Waals surface area contributed by atoms with Crippen molar-refractivity contribution >= 4 is 17.9 Å². The van der Waals surface area contributed by atoms with E-state index in [9.17, 15) is 14.4 Å². The summed E-state index contributed by atoms with van der Waals surface area (Å²) < 4.78 is 76.9. The van der Waals surface area contributed by atoms with Crippen LogP contribution in [0.2, 0.25) is 0 Å². The zero-order chi connectivity index (χ0) is 36.4.